The zero-order chi connectivity index (χ0) is 2.00. The Labute approximate surface area is 54.6 Å². The first-order valence-electron chi connectivity index (χ1n) is 0.129. The standard InChI is InChI=1S/Li.2Ni.O.H. The summed E-state index contributed by atoms with van der Waals surface area (Å²) in [6, 6.07) is 0. The monoisotopic (exact) mass is 140 g/mol. The summed E-state index contributed by atoms with van der Waals surface area (Å²) in [5.41, 5.74) is 0. The molecule has 0 aliphatic carbocycles. The van der Waals surface area contributed by atoms with Crippen molar-refractivity contribution in [3.63, 3.8) is 0 Å². The number of rotatable bonds is 0. The summed E-state index contributed by atoms with van der Waals surface area (Å²) in [6.07, 6.45) is 0. The number of hydrogen-bond acceptors (Lipinski definition) is 1. The van der Waals surface area contributed by atoms with Crippen LogP contribution in [0.5, 0.6) is 0 Å². The van der Waals surface area contributed by atoms with Gasteiger partial charge in [0.25, 0.3) is 0 Å². The predicted octanol–water partition coefficient (Wildman–Crippen LogP) is -0.772. The van der Waals surface area contributed by atoms with E-state index in [-0.39, 0.29) is 35.4 Å². The van der Waals surface area contributed by atoms with E-state index >= 15 is 0 Å². The SMILES string of the molecule is [LiH].[Ni].[O]=[Ni]. The van der Waals surface area contributed by atoms with Gasteiger partial charge in [-0.3, -0.25) is 0 Å². The van der Waals surface area contributed by atoms with Crippen LogP contribution in [0.2, 0.25) is 0 Å². The fraction of sp³-hybridized carbons (Fsp3) is 0. The van der Waals surface area contributed by atoms with E-state index in [1.165, 1.54) is 0 Å². The molecule has 0 atom stereocenters. The van der Waals surface area contributed by atoms with Crippen LogP contribution in [0.15, 0.2) is 0 Å². The van der Waals surface area contributed by atoms with Crippen molar-refractivity contribution in [2.45, 2.75) is 0 Å². The molecular formula is HLiNi2O. The zero-order valence-corrected chi connectivity index (χ0v) is 3.02. The molecular weight excluding hydrogens is 140 g/mol. The van der Waals surface area contributed by atoms with Crippen LogP contribution in [0.4, 0.5) is 0 Å². The summed E-state index contributed by atoms with van der Waals surface area (Å²) in [5.74, 6) is 0. The first kappa shape index (κ1) is 18.2. The van der Waals surface area contributed by atoms with Crippen molar-refractivity contribution >= 4 is 18.9 Å². The zero-order valence-electron chi connectivity index (χ0n) is 1.04. The van der Waals surface area contributed by atoms with Gasteiger partial charge < -0.3 is 0 Å². The topological polar surface area (TPSA) is 17.1 Å². The third kappa shape index (κ3) is 10.0. The molecule has 0 saturated heterocycles. The Morgan fingerprint density at radius 3 is 1.25 bits per heavy atom. The predicted molar refractivity (Wildman–Crippen MR) is 7.84 cm³/mol. The molecule has 0 rings (SSSR count). The van der Waals surface area contributed by atoms with E-state index in [9.17, 15) is 0 Å². The third-order valence-electron chi connectivity index (χ3n) is 0. The van der Waals surface area contributed by atoms with E-state index in [2.05, 4.69) is 15.4 Å². The van der Waals surface area contributed by atoms with Crippen LogP contribution >= 0.6 is 0 Å². The Hall–Kier alpha value is 1.38. The fourth-order valence-electron chi connectivity index (χ4n) is 0. The maximum absolute atomic E-state index is 7.88. The first-order chi connectivity index (χ1) is 1.00. The Morgan fingerprint density at radius 2 is 1.25 bits per heavy atom. The Balaban J connectivity index is -0.00000000500. The summed E-state index contributed by atoms with van der Waals surface area (Å²) < 4.78 is 7.88. The first-order valence-corrected chi connectivity index (χ1v) is 0.532. The van der Waals surface area contributed by atoms with Gasteiger partial charge in [0.2, 0.25) is 0 Å². The van der Waals surface area contributed by atoms with Crippen molar-refractivity contribution in [1.82, 2.24) is 0 Å². The van der Waals surface area contributed by atoms with Crippen molar-refractivity contribution in [2.24, 2.45) is 0 Å². The third-order valence-corrected chi connectivity index (χ3v) is 0. The molecule has 0 N–H and O–H groups in total. The van der Waals surface area contributed by atoms with Gasteiger partial charge in [0.15, 0.2) is 0 Å². The van der Waals surface area contributed by atoms with Crippen molar-refractivity contribution in [3.8, 4) is 0 Å². The summed E-state index contributed by atoms with van der Waals surface area (Å²) in [7, 11) is 0. The maximum atomic E-state index is 7.88. The summed E-state index contributed by atoms with van der Waals surface area (Å²) >= 11 is 2.62. The van der Waals surface area contributed by atoms with Crippen LogP contribution in [0.3, 0.4) is 0 Å². The van der Waals surface area contributed by atoms with Crippen LogP contribution < -0.4 is 0 Å². The second-order valence-electron chi connectivity index (χ2n) is 0. The molecule has 0 spiro atoms. The molecule has 0 bridgehead atoms. The fourth-order valence-corrected chi connectivity index (χ4v) is 0. The van der Waals surface area contributed by atoms with E-state index in [0.29, 0.717) is 0 Å². The normalized spacial score (nSPS) is 1.50. The molecule has 0 saturated carbocycles. The Kier molecular flexibility index (Phi) is 119. The average Bonchev–Trinajstić information content (AvgIpc) is 1.00. The van der Waals surface area contributed by atoms with Gasteiger partial charge in [0.05, 0.1) is 0 Å². The second-order valence-corrected chi connectivity index (χ2v) is 0. The van der Waals surface area contributed by atoms with Gasteiger partial charge in [0, 0.05) is 16.5 Å². The van der Waals surface area contributed by atoms with Gasteiger partial charge in [-0.15, -0.1) is 0 Å². The van der Waals surface area contributed by atoms with Crippen molar-refractivity contribution < 1.29 is 35.8 Å². The molecule has 4 heteroatoms. The van der Waals surface area contributed by atoms with E-state index < -0.39 is 0 Å². The minimum atomic E-state index is 0. The molecule has 0 aliphatic rings. The van der Waals surface area contributed by atoms with Crippen molar-refractivity contribution in [2.75, 3.05) is 0 Å². The summed E-state index contributed by atoms with van der Waals surface area (Å²) in [4.78, 5) is 0. The molecule has 0 aliphatic heterocycles. The molecule has 0 aromatic carbocycles. The minimum absolute atomic E-state index is 0. The van der Waals surface area contributed by atoms with Gasteiger partial charge in [0.1, 0.15) is 0 Å². The molecule has 28 valence electrons. The van der Waals surface area contributed by atoms with Gasteiger partial charge in [-0.25, -0.2) is 0 Å². The molecule has 0 aromatic heterocycles. The van der Waals surface area contributed by atoms with Crippen LogP contribution in [0.25, 0.3) is 0 Å². The molecule has 0 amide bonds. The van der Waals surface area contributed by atoms with E-state index in [0.717, 1.165) is 0 Å². The molecule has 1 nitrogen and oxygen atoms in total. The van der Waals surface area contributed by atoms with Crippen LogP contribution in [-0.2, 0) is 35.8 Å². The summed E-state index contributed by atoms with van der Waals surface area (Å²) in [6.45, 7) is 0. The van der Waals surface area contributed by atoms with Crippen molar-refractivity contribution in [3.05, 3.63) is 0 Å². The van der Waals surface area contributed by atoms with Crippen LogP contribution in [0, 0.1) is 0 Å². The Morgan fingerprint density at radius 1 is 1.25 bits per heavy atom. The molecule has 0 radical (unpaired) electrons. The van der Waals surface area contributed by atoms with Crippen LogP contribution in [-0.4, -0.2) is 18.9 Å². The molecule has 0 unspecified atom stereocenters. The molecule has 0 aromatic rings. The van der Waals surface area contributed by atoms with Gasteiger partial charge in [-0.1, -0.05) is 0 Å². The van der Waals surface area contributed by atoms with Gasteiger partial charge >= 0.3 is 38.1 Å². The summed E-state index contributed by atoms with van der Waals surface area (Å²) in [5, 5.41) is 0. The van der Waals surface area contributed by atoms with E-state index in [1.54, 1.807) is 0 Å². The van der Waals surface area contributed by atoms with E-state index in [1.807, 2.05) is 0 Å². The van der Waals surface area contributed by atoms with Crippen molar-refractivity contribution in [1.29, 1.82) is 0 Å². The average molecular weight is 141 g/mol. The second kappa shape index (κ2) is 26.2. The number of hydrogen-bond donors (Lipinski definition) is 0. The van der Waals surface area contributed by atoms with Crippen LogP contribution in [0.1, 0.15) is 0 Å². The van der Waals surface area contributed by atoms with Gasteiger partial charge in [-0.05, 0) is 0 Å². The van der Waals surface area contributed by atoms with E-state index in [4.69, 9.17) is 3.90 Å². The van der Waals surface area contributed by atoms with Gasteiger partial charge in [-0.2, -0.15) is 0 Å². The quantitative estimate of drug-likeness (QED) is 0.405. The Bertz CT molecular complexity index is 6.00. The molecule has 0 heterocycles. The molecule has 4 heavy (non-hydrogen) atoms. The molecule has 0 fully saturated rings.